The van der Waals surface area contributed by atoms with Crippen LogP contribution in [0.1, 0.15) is 5.56 Å². The molecule has 0 radical (unpaired) electrons. The van der Waals surface area contributed by atoms with Crippen LogP contribution in [0.2, 0.25) is 0 Å². The third-order valence-corrected chi connectivity index (χ3v) is 22.9. The Balaban J connectivity index is 1.26. The number of rotatable bonds is 5. The van der Waals surface area contributed by atoms with Crippen LogP contribution < -0.4 is 22.5 Å². The molecule has 0 N–H and O–H groups in total. The molecule has 0 atom stereocenters. The molecule has 6 heteroatoms. The van der Waals surface area contributed by atoms with Crippen LogP contribution in [0.5, 0.6) is 0 Å². The zero-order chi connectivity index (χ0) is 41.4. The van der Waals surface area contributed by atoms with Crippen molar-refractivity contribution in [3.63, 3.8) is 0 Å². The molecule has 5 nitrogen and oxygen atoms in total. The van der Waals surface area contributed by atoms with Gasteiger partial charge in [0.05, 0.1) is 0 Å². The second kappa shape index (κ2) is 14.0. The summed E-state index contributed by atoms with van der Waals surface area (Å²) in [6.07, 6.45) is 0. The van der Waals surface area contributed by atoms with Gasteiger partial charge in [0, 0.05) is 0 Å². The number of hydrogen-bond donors (Lipinski definition) is 0. The summed E-state index contributed by atoms with van der Waals surface area (Å²) in [4.78, 5) is 6.17. The monoisotopic (exact) mass is 851 g/mol. The van der Waals surface area contributed by atoms with E-state index in [-0.39, 0.29) is 0 Å². The maximum absolute atomic E-state index is 10.3. The molecule has 0 spiro atoms. The van der Waals surface area contributed by atoms with Crippen molar-refractivity contribution in [2.45, 2.75) is 0 Å². The van der Waals surface area contributed by atoms with Crippen LogP contribution in [0.3, 0.4) is 0 Å². The topological polar surface area (TPSA) is 41.2 Å². The fraction of sp³-hybridized carbons (Fsp3) is 0. The standard InChI is InChI=1S/C56H35GeN5/c1-59-41-32-38(37-58)33-44(34-41)62-55-30-28-42(60-51-24-12-8-20-45(51)46-21-9-13-25-52(46)60)35-49(55)57(39-16-4-2-5-17-39,40-18-6-3-7-19-40)50-36-43(29-31-56(50)62)61-53-26-14-10-22-47(53)48-23-11-15-27-54(48)61/h2-36H. The molecule has 1 aliphatic rings. The maximum atomic E-state index is 10.3. The van der Waals surface area contributed by atoms with Crippen LogP contribution in [-0.4, -0.2) is 22.4 Å². The summed E-state index contributed by atoms with van der Waals surface area (Å²) < 4.78 is 9.98. The molecule has 0 bridgehead atoms. The molecule has 11 aromatic rings. The fourth-order valence-corrected chi connectivity index (χ4v) is 21.1. The number of benzene rings is 9. The summed E-state index contributed by atoms with van der Waals surface area (Å²) in [5, 5.41) is 15.2. The third kappa shape index (κ3) is 5.13. The van der Waals surface area contributed by atoms with Gasteiger partial charge in [-0.25, -0.2) is 0 Å². The van der Waals surface area contributed by atoms with Crippen molar-refractivity contribution in [3.05, 3.63) is 229 Å². The van der Waals surface area contributed by atoms with Crippen molar-refractivity contribution < 1.29 is 0 Å². The SMILES string of the molecule is [C-]#[N+]c1cc(C#N)cc(N2c3ccc(-n4c5ccccc5c5ccccc54)c[c]3[Ge]([c]3ccccc3)([c]3ccccc3)[c]3cc(-n4c5ccccc5c5ccccc54)ccc32)c1. The Morgan fingerprint density at radius 3 is 1.23 bits per heavy atom. The molecule has 0 amide bonds. The van der Waals surface area contributed by atoms with E-state index in [2.05, 4.69) is 219 Å². The van der Waals surface area contributed by atoms with Crippen LogP contribution in [-0.2, 0) is 0 Å². The Bertz CT molecular complexity index is 3340. The summed E-state index contributed by atoms with van der Waals surface area (Å²) in [5.74, 6) is 0. The van der Waals surface area contributed by atoms with Crippen molar-refractivity contribution in [1.29, 1.82) is 5.26 Å². The zero-order valence-corrected chi connectivity index (χ0v) is 35.5. The van der Waals surface area contributed by atoms with Gasteiger partial charge in [-0.05, 0) is 0 Å². The molecule has 1 aliphatic heterocycles. The van der Waals surface area contributed by atoms with Gasteiger partial charge >= 0.3 is 363 Å². The molecule has 12 rings (SSSR count). The molecular formula is C56H35GeN5. The van der Waals surface area contributed by atoms with Crippen LogP contribution >= 0.6 is 0 Å². The first kappa shape index (κ1) is 35.8. The van der Waals surface area contributed by atoms with E-state index >= 15 is 0 Å². The van der Waals surface area contributed by atoms with Crippen LogP contribution in [0, 0.1) is 17.9 Å². The summed E-state index contributed by atoms with van der Waals surface area (Å²) in [6.45, 7) is 8.08. The zero-order valence-electron chi connectivity index (χ0n) is 33.4. The van der Waals surface area contributed by atoms with E-state index in [0.29, 0.717) is 11.3 Å². The van der Waals surface area contributed by atoms with Crippen molar-refractivity contribution in [3.8, 4) is 17.4 Å². The third-order valence-electron chi connectivity index (χ3n) is 12.8. The molecule has 2 aromatic heterocycles. The molecule has 288 valence electrons. The minimum absolute atomic E-state index is 0.426. The average molecular weight is 851 g/mol. The van der Waals surface area contributed by atoms with Gasteiger partial charge in [-0.3, -0.25) is 0 Å². The molecule has 0 unspecified atom stereocenters. The summed E-state index contributed by atoms with van der Waals surface area (Å²) >= 11 is -4.09. The van der Waals surface area contributed by atoms with Gasteiger partial charge in [0.1, 0.15) is 0 Å². The predicted molar refractivity (Wildman–Crippen MR) is 258 cm³/mol. The number of aromatic nitrogens is 2. The first-order valence-corrected chi connectivity index (χ1v) is 25.0. The van der Waals surface area contributed by atoms with Gasteiger partial charge in [0.25, 0.3) is 0 Å². The van der Waals surface area contributed by atoms with Crippen LogP contribution in [0.25, 0.3) is 59.8 Å². The number of para-hydroxylation sites is 4. The number of fused-ring (bicyclic) bond motifs is 8. The molecule has 62 heavy (non-hydrogen) atoms. The average Bonchev–Trinajstić information content (AvgIpc) is 3.86. The number of hydrogen-bond acceptors (Lipinski definition) is 2. The van der Waals surface area contributed by atoms with E-state index in [1.54, 1.807) is 6.07 Å². The van der Waals surface area contributed by atoms with Crippen LogP contribution in [0.15, 0.2) is 212 Å². The quantitative estimate of drug-likeness (QED) is 0.128. The second-order valence-electron chi connectivity index (χ2n) is 15.9. The van der Waals surface area contributed by atoms with E-state index in [1.807, 2.05) is 12.1 Å². The molecule has 0 saturated heterocycles. The van der Waals surface area contributed by atoms with Gasteiger partial charge in [0.15, 0.2) is 0 Å². The van der Waals surface area contributed by atoms with Crippen LogP contribution in [0.4, 0.5) is 22.7 Å². The van der Waals surface area contributed by atoms with Gasteiger partial charge in [-0.2, -0.15) is 0 Å². The van der Waals surface area contributed by atoms with Crippen molar-refractivity contribution in [2.75, 3.05) is 4.90 Å². The van der Waals surface area contributed by atoms with Crippen molar-refractivity contribution in [1.82, 2.24) is 9.13 Å². The Hall–Kier alpha value is -8.10. The summed E-state index contributed by atoms with van der Waals surface area (Å²) in [6, 6.07) is 78.9. The fourth-order valence-electron chi connectivity index (χ4n) is 10.3. The molecule has 0 saturated carbocycles. The van der Waals surface area contributed by atoms with E-state index in [4.69, 9.17) is 6.57 Å². The number of anilines is 3. The molecular weight excluding hydrogens is 815 g/mol. The van der Waals surface area contributed by atoms with E-state index in [0.717, 1.165) is 50.5 Å². The molecule has 0 aliphatic carbocycles. The molecule has 9 aromatic carbocycles. The second-order valence-corrected chi connectivity index (χ2v) is 23.8. The van der Waals surface area contributed by atoms with Crippen molar-refractivity contribution >= 4 is 97.2 Å². The van der Waals surface area contributed by atoms with Gasteiger partial charge in [-0.15, -0.1) is 0 Å². The Kier molecular flexibility index (Phi) is 8.09. The number of nitrogens with zero attached hydrogens (tertiary/aromatic N) is 5. The summed E-state index contributed by atoms with van der Waals surface area (Å²) in [7, 11) is 0. The normalized spacial score (nSPS) is 12.9. The van der Waals surface area contributed by atoms with Gasteiger partial charge < -0.3 is 0 Å². The minimum atomic E-state index is -4.09. The number of nitriles is 1. The van der Waals surface area contributed by atoms with E-state index in [9.17, 15) is 5.26 Å². The Morgan fingerprint density at radius 1 is 0.419 bits per heavy atom. The van der Waals surface area contributed by atoms with Crippen molar-refractivity contribution in [2.24, 2.45) is 0 Å². The van der Waals surface area contributed by atoms with Gasteiger partial charge in [0.2, 0.25) is 0 Å². The molecule has 3 heterocycles. The first-order valence-electron chi connectivity index (χ1n) is 20.8. The molecule has 0 fully saturated rings. The summed E-state index contributed by atoms with van der Waals surface area (Å²) in [5.41, 5.74) is 10.5. The first-order chi connectivity index (χ1) is 30.7. The van der Waals surface area contributed by atoms with E-state index < -0.39 is 13.3 Å². The van der Waals surface area contributed by atoms with Gasteiger partial charge in [-0.1, -0.05) is 0 Å². The predicted octanol–water partition coefficient (Wildman–Crippen LogP) is 11.5. The Labute approximate surface area is 361 Å². The van der Waals surface area contributed by atoms with E-state index in [1.165, 1.54) is 39.1 Å². The Morgan fingerprint density at radius 2 is 0.823 bits per heavy atom.